The number of hydrogen-bond donors (Lipinski definition) is 2. The Kier molecular flexibility index (Phi) is 7.10. The van der Waals surface area contributed by atoms with Crippen molar-refractivity contribution in [1.29, 1.82) is 0 Å². The van der Waals surface area contributed by atoms with E-state index >= 15 is 0 Å². The first-order chi connectivity index (χ1) is 16.3. The van der Waals surface area contributed by atoms with E-state index in [0.29, 0.717) is 12.2 Å². The van der Waals surface area contributed by atoms with Crippen LogP contribution < -0.4 is 10.0 Å². The fourth-order valence-corrected chi connectivity index (χ4v) is 5.27. The molecule has 0 saturated heterocycles. The molecular weight excluding hydrogens is 479 g/mol. The first-order valence-corrected chi connectivity index (χ1v) is 12.5. The van der Waals surface area contributed by atoms with Crippen LogP contribution in [0.4, 0.5) is 9.52 Å². The smallest absolute Gasteiger partial charge is 0.252 e. The molecule has 0 radical (unpaired) electrons. The van der Waals surface area contributed by atoms with E-state index in [1.807, 2.05) is 10.6 Å². The lowest BCUT2D eigenvalue weighted by Gasteiger charge is -2.09. The van der Waals surface area contributed by atoms with Crippen LogP contribution in [0.25, 0.3) is 11.3 Å². The van der Waals surface area contributed by atoms with E-state index in [1.54, 1.807) is 36.9 Å². The number of aryl methyl sites for hydroxylation is 2. The highest BCUT2D eigenvalue weighted by Gasteiger charge is 2.18. The van der Waals surface area contributed by atoms with Crippen molar-refractivity contribution in [2.75, 3.05) is 5.32 Å². The van der Waals surface area contributed by atoms with Gasteiger partial charge in [-0.3, -0.25) is 9.78 Å². The second-order valence-electron chi connectivity index (χ2n) is 7.38. The van der Waals surface area contributed by atoms with Gasteiger partial charge in [0.1, 0.15) is 5.82 Å². The van der Waals surface area contributed by atoms with Crippen LogP contribution in [0, 0.1) is 5.82 Å². The predicted molar refractivity (Wildman–Crippen MR) is 126 cm³/mol. The molecule has 0 saturated carbocycles. The summed E-state index contributed by atoms with van der Waals surface area (Å²) in [6.07, 6.45) is 7.04. The van der Waals surface area contributed by atoms with Crippen LogP contribution in [0.1, 0.15) is 18.2 Å². The van der Waals surface area contributed by atoms with Gasteiger partial charge in [-0.05, 0) is 36.2 Å². The molecule has 3 aromatic heterocycles. The van der Waals surface area contributed by atoms with Crippen molar-refractivity contribution in [2.24, 2.45) is 0 Å². The van der Waals surface area contributed by atoms with E-state index in [0.717, 1.165) is 34.6 Å². The van der Waals surface area contributed by atoms with Gasteiger partial charge in [0.25, 0.3) is 10.0 Å². The lowest BCUT2D eigenvalue weighted by Crippen LogP contribution is -2.22. The van der Waals surface area contributed by atoms with E-state index in [9.17, 15) is 17.6 Å². The molecule has 34 heavy (non-hydrogen) atoms. The highest BCUT2D eigenvalue weighted by atomic mass is 32.2. The van der Waals surface area contributed by atoms with Crippen molar-refractivity contribution < 1.29 is 17.6 Å². The van der Waals surface area contributed by atoms with Crippen molar-refractivity contribution in [1.82, 2.24) is 24.2 Å². The quantitative estimate of drug-likeness (QED) is 0.364. The van der Waals surface area contributed by atoms with Crippen LogP contribution in [-0.2, 0) is 34.3 Å². The summed E-state index contributed by atoms with van der Waals surface area (Å²) in [7, 11) is -3.79. The van der Waals surface area contributed by atoms with Crippen molar-refractivity contribution in [3.05, 3.63) is 78.4 Å². The average molecular weight is 501 g/mol. The summed E-state index contributed by atoms with van der Waals surface area (Å²) < 4.78 is 42.6. The van der Waals surface area contributed by atoms with Crippen LogP contribution in [0.3, 0.4) is 0 Å². The van der Waals surface area contributed by atoms with Crippen LogP contribution in [-0.4, -0.2) is 33.8 Å². The number of sulfonamides is 1. The Morgan fingerprint density at radius 1 is 1.09 bits per heavy atom. The standard InChI is InChI=1S/C22H21FN6O3S2/c1-15(30)28-22-26-13-21(33-22)34(31,32)27-11-19-7-4-17(10-25-19)20-12-24-14-29(20)9-8-16-2-5-18(23)6-3-16/h2-7,10,12-14,27H,8-9,11H2,1H3,(H,26,28,30). The third-order valence-electron chi connectivity index (χ3n) is 4.86. The molecule has 0 spiro atoms. The molecule has 4 aromatic rings. The highest BCUT2D eigenvalue weighted by Crippen LogP contribution is 2.23. The van der Waals surface area contributed by atoms with E-state index in [4.69, 9.17) is 0 Å². The number of nitrogens with one attached hydrogen (secondary N) is 2. The van der Waals surface area contributed by atoms with Gasteiger partial charge < -0.3 is 9.88 Å². The summed E-state index contributed by atoms with van der Waals surface area (Å²) in [5, 5.41) is 2.67. The molecule has 9 nitrogen and oxygen atoms in total. The van der Waals surface area contributed by atoms with E-state index in [-0.39, 0.29) is 27.6 Å². The topological polar surface area (TPSA) is 119 Å². The molecule has 0 bridgehead atoms. The van der Waals surface area contributed by atoms with Crippen molar-refractivity contribution in [3.63, 3.8) is 0 Å². The molecule has 0 aliphatic carbocycles. The van der Waals surface area contributed by atoms with Gasteiger partial charge in [0.15, 0.2) is 9.34 Å². The summed E-state index contributed by atoms with van der Waals surface area (Å²) >= 11 is 0.867. The minimum Gasteiger partial charge on any atom is -0.330 e. The summed E-state index contributed by atoms with van der Waals surface area (Å²) in [6.45, 7) is 1.99. The summed E-state index contributed by atoms with van der Waals surface area (Å²) in [5.74, 6) is -0.588. The highest BCUT2D eigenvalue weighted by molar-refractivity contribution is 7.91. The minimum absolute atomic E-state index is 0.000186. The van der Waals surface area contributed by atoms with E-state index in [1.165, 1.54) is 25.3 Å². The maximum Gasteiger partial charge on any atom is 0.252 e. The molecule has 4 rings (SSSR count). The second-order valence-corrected chi connectivity index (χ2v) is 10.4. The van der Waals surface area contributed by atoms with Gasteiger partial charge in [0.05, 0.1) is 36.7 Å². The Hall–Kier alpha value is -3.48. The lowest BCUT2D eigenvalue weighted by molar-refractivity contribution is -0.114. The Balaban J connectivity index is 1.38. The number of aromatic nitrogens is 4. The Labute approximate surface area is 199 Å². The second kappa shape index (κ2) is 10.2. The Bertz CT molecular complexity index is 1380. The number of rotatable bonds is 9. The maximum absolute atomic E-state index is 13.1. The van der Waals surface area contributed by atoms with E-state index in [2.05, 4.69) is 25.0 Å². The number of nitrogens with zero attached hydrogens (tertiary/aromatic N) is 4. The summed E-state index contributed by atoms with van der Waals surface area (Å²) in [6, 6.07) is 10.00. The molecule has 3 heterocycles. The first kappa shape index (κ1) is 23.7. The van der Waals surface area contributed by atoms with Crippen molar-refractivity contribution in [3.8, 4) is 11.3 Å². The van der Waals surface area contributed by atoms with Gasteiger partial charge in [-0.15, -0.1) is 0 Å². The number of thiazole rings is 1. The zero-order chi connectivity index (χ0) is 24.1. The molecule has 0 fully saturated rings. The number of carbonyl (C=O) groups excluding carboxylic acids is 1. The van der Waals surface area contributed by atoms with Gasteiger partial charge in [-0.2, -0.15) is 0 Å². The number of amides is 1. The maximum atomic E-state index is 13.1. The SMILES string of the molecule is CC(=O)Nc1ncc(S(=O)(=O)NCc2ccc(-c3cncn3CCc3ccc(F)cc3)cn2)s1. The fourth-order valence-electron chi connectivity index (χ4n) is 3.15. The van der Waals surface area contributed by atoms with Gasteiger partial charge in [-0.25, -0.2) is 27.5 Å². The largest absolute Gasteiger partial charge is 0.330 e. The van der Waals surface area contributed by atoms with Crippen molar-refractivity contribution in [2.45, 2.75) is 30.6 Å². The Morgan fingerprint density at radius 2 is 1.88 bits per heavy atom. The zero-order valence-corrected chi connectivity index (χ0v) is 19.7. The minimum atomic E-state index is -3.79. The molecule has 176 valence electrons. The van der Waals surface area contributed by atoms with Crippen LogP contribution in [0.5, 0.6) is 0 Å². The van der Waals surface area contributed by atoms with Gasteiger partial charge in [0.2, 0.25) is 5.91 Å². The van der Waals surface area contributed by atoms with Gasteiger partial charge in [0, 0.05) is 25.2 Å². The normalized spacial score (nSPS) is 11.5. The molecule has 0 aliphatic heterocycles. The molecule has 1 amide bonds. The number of imidazole rings is 1. The number of halogens is 1. The Morgan fingerprint density at radius 3 is 2.59 bits per heavy atom. The van der Waals surface area contributed by atoms with Crippen LogP contribution >= 0.6 is 11.3 Å². The third kappa shape index (κ3) is 5.90. The van der Waals surface area contributed by atoms with Gasteiger partial charge in [-0.1, -0.05) is 23.5 Å². The molecule has 0 aliphatic rings. The predicted octanol–water partition coefficient (Wildman–Crippen LogP) is 3.22. The molecule has 0 unspecified atom stereocenters. The molecule has 0 atom stereocenters. The fraction of sp³-hybridized carbons (Fsp3) is 0.182. The first-order valence-electron chi connectivity index (χ1n) is 10.2. The molecule has 12 heteroatoms. The van der Waals surface area contributed by atoms with Crippen LogP contribution in [0.2, 0.25) is 0 Å². The lowest BCUT2D eigenvalue weighted by atomic mass is 10.1. The number of carbonyl (C=O) groups is 1. The zero-order valence-electron chi connectivity index (χ0n) is 18.1. The number of hydrogen-bond acceptors (Lipinski definition) is 7. The summed E-state index contributed by atoms with van der Waals surface area (Å²) in [5.41, 5.74) is 3.27. The average Bonchev–Trinajstić information content (AvgIpc) is 3.47. The molecule has 2 N–H and O–H groups in total. The molecular formula is C22H21FN6O3S2. The number of benzene rings is 1. The van der Waals surface area contributed by atoms with E-state index < -0.39 is 10.0 Å². The monoisotopic (exact) mass is 500 g/mol. The molecule has 1 aromatic carbocycles. The number of anilines is 1. The van der Waals surface area contributed by atoms with Crippen LogP contribution in [0.15, 0.2) is 65.5 Å². The van der Waals surface area contributed by atoms with Gasteiger partial charge >= 0.3 is 0 Å². The summed E-state index contributed by atoms with van der Waals surface area (Å²) in [4.78, 5) is 23.6. The van der Waals surface area contributed by atoms with Crippen molar-refractivity contribution >= 4 is 32.4 Å². The third-order valence-corrected chi connectivity index (χ3v) is 7.64. The number of pyridine rings is 1.